The fourth-order valence-electron chi connectivity index (χ4n) is 4.11. The molecule has 1 unspecified atom stereocenters. The molecule has 13 heteroatoms. The Kier molecular flexibility index (Phi) is 6.88. The first-order valence-corrected chi connectivity index (χ1v) is 11.1. The van der Waals surface area contributed by atoms with Crippen LogP contribution in [0.3, 0.4) is 0 Å². The molecular formula is C24H22F4N6O3. The summed E-state index contributed by atoms with van der Waals surface area (Å²) in [5, 5.41) is 4.47. The lowest BCUT2D eigenvalue weighted by Gasteiger charge is -2.32. The predicted octanol–water partition coefficient (Wildman–Crippen LogP) is 4.08. The number of anilines is 1. The quantitative estimate of drug-likeness (QED) is 0.374. The Morgan fingerprint density at radius 1 is 1.14 bits per heavy atom. The zero-order valence-electron chi connectivity index (χ0n) is 19.3. The summed E-state index contributed by atoms with van der Waals surface area (Å²) in [6, 6.07) is 8.85. The first-order chi connectivity index (χ1) is 17.5. The van der Waals surface area contributed by atoms with E-state index in [4.69, 9.17) is 16.2 Å². The lowest BCUT2D eigenvalue weighted by Crippen LogP contribution is -2.41. The molecule has 194 valence electrons. The van der Waals surface area contributed by atoms with E-state index in [-0.39, 0.29) is 35.2 Å². The van der Waals surface area contributed by atoms with Gasteiger partial charge in [0.05, 0.1) is 6.04 Å². The Morgan fingerprint density at radius 3 is 2.46 bits per heavy atom. The van der Waals surface area contributed by atoms with Crippen LogP contribution in [0.2, 0.25) is 0 Å². The minimum atomic E-state index is -4.62. The summed E-state index contributed by atoms with van der Waals surface area (Å²) in [6.07, 6.45) is -3.49. The number of carbonyl (C=O) groups is 2. The van der Waals surface area contributed by atoms with Gasteiger partial charge in [0.2, 0.25) is 5.88 Å². The molecule has 0 saturated carbocycles. The number of nitrogen functional groups attached to an aromatic ring is 1. The largest absolute Gasteiger partial charge is 0.439 e. The van der Waals surface area contributed by atoms with Crippen LogP contribution in [-0.2, 0) is 11.0 Å². The van der Waals surface area contributed by atoms with Crippen molar-refractivity contribution in [3.8, 4) is 22.9 Å². The Morgan fingerprint density at radius 2 is 1.84 bits per heavy atom. The number of halogens is 4. The summed E-state index contributed by atoms with van der Waals surface area (Å²) >= 11 is 0. The zero-order chi connectivity index (χ0) is 26.9. The highest BCUT2D eigenvalue weighted by atomic mass is 19.4. The molecular weight excluding hydrogens is 496 g/mol. The van der Waals surface area contributed by atoms with Gasteiger partial charge in [0.1, 0.15) is 28.5 Å². The number of rotatable bonds is 6. The maximum atomic E-state index is 13.4. The van der Waals surface area contributed by atoms with E-state index in [1.165, 1.54) is 46.0 Å². The smallest absolute Gasteiger partial charge is 0.433 e. The monoisotopic (exact) mass is 518 g/mol. The van der Waals surface area contributed by atoms with Gasteiger partial charge in [0, 0.05) is 24.7 Å². The molecule has 9 nitrogen and oxygen atoms in total. The Hall–Kier alpha value is -4.42. The first kappa shape index (κ1) is 25.7. The summed E-state index contributed by atoms with van der Waals surface area (Å²) in [5.74, 6) is -2.79. The lowest BCUT2D eigenvalue weighted by atomic mass is 10.1. The van der Waals surface area contributed by atoms with E-state index in [0.717, 1.165) is 6.07 Å². The number of primary amides is 1. The van der Waals surface area contributed by atoms with Crippen molar-refractivity contribution >= 4 is 17.6 Å². The van der Waals surface area contributed by atoms with Gasteiger partial charge in [-0.3, -0.25) is 9.59 Å². The van der Waals surface area contributed by atoms with Crippen molar-refractivity contribution in [1.29, 1.82) is 0 Å². The SMILES string of the molecule is C=C(F)C(=O)N1CCCC(n2nc(-c3ccc(Oc4cccc(C(F)(F)F)n4)cc3)c(C(N)=O)c2N)C1. The molecule has 4 rings (SSSR count). The van der Waals surface area contributed by atoms with Crippen molar-refractivity contribution in [2.45, 2.75) is 25.1 Å². The van der Waals surface area contributed by atoms with E-state index in [1.807, 2.05) is 0 Å². The fourth-order valence-corrected chi connectivity index (χ4v) is 4.11. The lowest BCUT2D eigenvalue weighted by molar-refractivity contribution is -0.141. The molecule has 1 atom stereocenters. The van der Waals surface area contributed by atoms with Crippen molar-refractivity contribution in [2.24, 2.45) is 5.73 Å². The van der Waals surface area contributed by atoms with Crippen molar-refractivity contribution in [1.82, 2.24) is 19.7 Å². The van der Waals surface area contributed by atoms with Gasteiger partial charge in [-0.2, -0.15) is 18.3 Å². The van der Waals surface area contributed by atoms with E-state index < -0.39 is 35.6 Å². The average Bonchev–Trinajstić information content (AvgIpc) is 3.21. The molecule has 37 heavy (non-hydrogen) atoms. The molecule has 0 aliphatic carbocycles. The third kappa shape index (κ3) is 5.39. The van der Waals surface area contributed by atoms with Crippen molar-refractivity contribution in [3.05, 3.63) is 66.1 Å². The van der Waals surface area contributed by atoms with E-state index >= 15 is 0 Å². The number of pyridine rings is 1. The molecule has 3 aromatic rings. The second-order valence-electron chi connectivity index (χ2n) is 8.36. The number of likely N-dealkylation sites (tertiary alicyclic amines) is 1. The van der Waals surface area contributed by atoms with E-state index in [9.17, 15) is 27.2 Å². The summed E-state index contributed by atoms with van der Waals surface area (Å²) in [5.41, 5.74) is 11.3. The van der Waals surface area contributed by atoms with E-state index in [2.05, 4.69) is 16.7 Å². The van der Waals surface area contributed by atoms with Crippen molar-refractivity contribution in [3.63, 3.8) is 0 Å². The average molecular weight is 518 g/mol. The van der Waals surface area contributed by atoms with Crippen LogP contribution in [-0.4, -0.2) is 44.6 Å². The second kappa shape index (κ2) is 9.91. The Labute approximate surface area is 208 Å². The van der Waals surface area contributed by atoms with Gasteiger partial charge < -0.3 is 21.1 Å². The van der Waals surface area contributed by atoms with Crippen LogP contribution < -0.4 is 16.2 Å². The molecule has 0 radical (unpaired) electrons. The van der Waals surface area contributed by atoms with Crippen molar-refractivity contribution < 1.29 is 31.9 Å². The van der Waals surface area contributed by atoms with Crippen LogP contribution in [0.5, 0.6) is 11.6 Å². The van der Waals surface area contributed by atoms with Crippen molar-refractivity contribution in [2.75, 3.05) is 18.8 Å². The number of hydrogen-bond donors (Lipinski definition) is 2. The number of benzene rings is 1. The molecule has 0 spiro atoms. The Bertz CT molecular complexity index is 1350. The number of nitrogens with zero attached hydrogens (tertiary/aromatic N) is 4. The summed E-state index contributed by atoms with van der Waals surface area (Å²) in [6.45, 7) is 3.50. The molecule has 2 aromatic heterocycles. The van der Waals surface area contributed by atoms with Gasteiger partial charge in [-0.25, -0.2) is 14.1 Å². The molecule has 1 aliphatic rings. The van der Waals surface area contributed by atoms with Crippen LogP contribution in [0.25, 0.3) is 11.3 Å². The predicted molar refractivity (Wildman–Crippen MR) is 125 cm³/mol. The van der Waals surface area contributed by atoms with Gasteiger partial charge in [-0.05, 0) is 43.2 Å². The maximum Gasteiger partial charge on any atom is 0.433 e. The number of amides is 2. The zero-order valence-corrected chi connectivity index (χ0v) is 19.3. The third-order valence-corrected chi connectivity index (χ3v) is 5.82. The maximum absolute atomic E-state index is 13.4. The topological polar surface area (TPSA) is 129 Å². The molecule has 1 saturated heterocycles. The minimum Gasteiger partial charge on any atom is -0.439 e. The molecule has 1 aliphatic heterocycles. The summed E-state index contributed by atoms with van der Waals surface area (Å²) in [4.78, 5) is 29.0. The number of nitrogens with two attached hydrogens (primary N) is 2. The number of alkyl halides is 3. The van der Waals surface area contributed by atoms with Gasteiger partial charge in [0.15, 0.2) is 5.83 Å². The fraction of sp³-hybridized carbons (Fsp3) is 0.250. The number of piperidine rings is 1. The minimum absolute atomic E-state index is 0.00522. The number of ether oxygens (including phenoxy) is 1. The summed E-state index contributed by atoms with van der Waals surface area (Å²) < 4.78 is 58.9. The molecule has 2 amide bonds. The van der Waals surface area contributed by atoms with Gasteiger partial charge >= 0.3 is 6.18 Å². The van der Waals surface area contributed by atoms with E-state index in [1.54, 1.807) is 0 Å². The second-order valence-corrected chi connectivity index (χ2v) is 8.36. The number of carbonyl (C=O) groups excluding carboxylic acids is 2. The van der Waals surface area contributed by atoms with Crippen LogP contribution >= 0.6 is 0 Å². The standard InChI is InChI=1S/C24H22F4N6O3/c1-13(25)23(36)33-11-3-4-15(12-33)34-21(29)19(22(30)35)20(32-34)14-7-9-16(10-8-14)37-18-6-2-5-17(31-18)24(26,27)28/h2,5-10,15H,1,3-4,11-12,29H2,(H2,30,35). The molecule has 1 aromatic carbocycles. The molecule has 1 fully saturated rings. The number of hydrogen-bond acceptors (Lipinski definition) is 6. The molecule has 3 heterocycles. The van der Waals surface area contributed by atoms with E-state index in [0.29, 0.717) is 24.9 Å². The van der Waals surface area contributed by atoms with Crippen LogP contribution in [0.1, 0.15) is 34.9 Å². The normalized spacial score (nSPS) is 15.9. The molecule has 0 bridgehead atoms. The van der Waals surface area contributed by atoms with Gasteiger partial charge in [0.25, 0.3) is 11.8 Å². The van der Waals surface area contributed by atoms with Crippen LogP contribution in [0.4, 0.5) is 23.4 Å². The highest BCUT2D eigenvalue weighted by Crippen LogP contribution is 2.34. The Balaban J connectivity index is 1.60. The third-order valence-electron chi connectivity index (χ3n) is 5.82. The van der Waals surface area contributed by atoms with Gasteiger partial charge in [-0.15, -0.1) is 0 Å². The summed E-state index contributed by atoms with van der Waals surface area (Å²) in [7, 11) is 0. The van der Waals surface area contributed by atoms with Crippen LogP contribution in [0.15, 0.2) is 54.9 Å². The van der Waals surface area contributed by atoms with Crippen LogP contribution in [0, 0.1) is 0 Å². The number of aromatic nitrogens is 3. The highest BCUT2D eigenvalue weighted by Gasteiger charge is 2.33. The van der Waals surface area contributed by atoms with Gasteiger partial charge in [-0.1, -0.05) is 12.6 Å². The highest BCUT2D eigenvalue weighted by molar-refractivity contribution is 6.03. The molecule has 4 N–H and O–H groups in total. The first-order valence-electron chi connectivity index (χ1n) is 11.1.